The molecule has 0 unspecified atom stereocenters. The molecule has 0 amide bonds. The number of nitrogens with zero attached hydrogens (tertiary/aromatic N) is 1. The van der Waals surface area contributed by atoms with Gasteiger partial charge in [0.1, 0.15) is 12.4 Å². The Balaban J connectivity index is 2.07. The van der Waals surface area contributed by atoms with Gasteiger partial charge in [-0.05, 0) is 28.1 Å². The molecule has 1 aromatic heterocycles. The van der Waals surface area contributed by atoms with Crippen molar-refractivity contribution >= 4 is 27.5 Å². The van der Waals surface area contributed by atoms with Crippen LogP contribution in [0.15, 0.2) is 47.2 Å². The Morgan fingerprint density at radius 2 is 2.06 bits per heavy atom. The highest BCUT2D eigenvalue weighted by atomic mass is 79.9. The highest BCUT2D eigenvalue weighted by Gasteiger charge is 2.02. The molecular weight excluding hydrogens is 302 g/mol. The zero-order valence-corrected chi connectivity index (χ0v) is 11.4. The van der Waals surface area contributed by atoms with E-state index in [1.807, 2.05) is 30.3 Å². The van der Waals surface area contributed by atoms with Crippen LogP contribution >= 0.6 is 27.5 Å². The fourth-order valence-corrected chi connectivity index (χ4v) is 2.08. The Morgan fingerprint density at radius 1 is 1.24 bits per heavy atom. The van der Waals surface area contributed by atoms with E-state index in [4.69, 9.17) is 16.3 Å². The lowest BCUT2D eigenvalue weighted by atomic mass is 10.2. The topological polar surface area (TPSA) is 22.1 Å². The van der Waals surface area contributed by atoms with Crippen LogP contribution in [-0.4, -0.2) is 4.98 Å². The van der Waals surface area contributed by atoms with Gasteiger partial charge in [-0.1, -0.05) is 18.2 Å². The molecule has 0 bridgehead atoms. The van der Waals surface area contributed by atoms with Crippen LogP contribution in [0.25, 0.3) is 0 Å². The van der Waals surface area contributed by atoms with Gasteiger partial charge >= 0.3 is 0 Å². The van der Waals surface area contributed by atoms with Crippen molar-refractivity contribution in [1.29, 1.82) is 0 Å². The molecule has 1 aromatic carbocycles. The van der Waals surface area contributed by atoms with Gasteiger partial charge in [0.15, 0.2) is 0 Å². The maximum Gasteiger partial charge on any atom is 0.124 e. The molecule has 1 heterocycles. The number of benzene rings is 1. The molecule has 2 rings (SSSR count). The molecule has 0 saturated heterocycles. The average molecular weight is 313 g/mol. The number of para-hydroxylation sites is 1. The van der Waals surface area contributed by atoms with Gasteiger partial charge in [-0.25, -0.2) is 0 Å². The zero-order chi connectivity index (χ0) is 12.1. The summed E-state index contributed by atoms with van der Waals surface area (Å²) in [5.74, 6) is 1.27. The lowest BCUT2D eigenvalue weighted by molar-refractivity contribution is 0.303. The molecule has 0 fully saturated rings. The number of aromatic nitrogens is 1. The van der Waals surface area contributed by atoms with E-state index in [1.165, 1.54) is 0 Å². The van der Waals surface area contributed by atoms with Gasteiger partial charge in [0, 0.05) is 28.0 Å². The van der Waals surface area contributed by atoms with E-state index in [9.17, 15) is 0 Å². The first-order valence-electron chi connectivity index (χ1n) is 5.15. The molecule has 2 nitrogen and oxygen atoms in total. The summed E-state index contributed by atoms with van der Waals surface area (Å²) in [7, 11) is 0. The number of halogens is 2. The highest BCUT2D eigenvalue weighted by molar-refractivity contribution is 9.10. The summed E-state index contributed by atoms with van der Waals surface area (Å²) in [4.78, 5) is 4.09. The first-order chi connectivity index (χ1) is 8.29. The zero-order valence-electron chi connectivity index (χ0n) is 9.07. The van der Waals surface area contributed by atoms with Gasteiger partial charge in [-0.15, -0.1) is 11.6 Å². The van der Waals surface area contributed by atoms with Crippen molar-refractivity contribution in [3.63, 3.8) is 0 Å². The van der Waals surface area contributed by atoms with Crippen molar-refractivity contribution in [2.24, 2.45) is 0 Å². The molecule has 2 aromatic rings. The van der Waals surface area contributed by atoms with Crippen LogP contribution in [0.4, 0.5) is 0 Å². The normalized spacial score (nSPS) is 10.2. The Morgan fingerprint density at radius 3 is 2.82 bits per heavy atom. The lowest BCUT2D eigenvalue weighted by Crippen LogP contribution is -1.98. The third-order valence-corrected chi connectivity index (χ3v) is 2.99. The molecule has 17 heavy (non-hydrogen) atoms. The third kappa shape index (κ3) is 3.45. The fourth-order valence-electron chi connectivity index (χ4n) is 1.45. The molecule has 0 aliphatic carbocycles. The highest BCUT2D eigenvalue weighted by Crippen LogP contribution is 2.21. The summed E-state index contributed by atoms with van der Waals surface area (Å²) in [6, 6.07) is 9.75. The fraction of sp³-hybridized carbons (Fsp3) is 0.154. The maximum atomic E-state index is 5.84. The molecular formula is C13H11BrClNO. The summed E-state index contributed by atoms with van der Waals surface area (Å²) in [6.07, 6.45) is 3.53. The van der Waals surface area contributed by atoms with Gasteiger partial charge in [0.25, 0.3) is 0 Å². The second-order valence-corrected chi connectivity index (χ2v) is 4.72. The standard InChI is InChI=1S/C13H11BrClNO/c14-12-5-10(7-16-8-12)9-17-13-4-2-1-3-11(13)6-15/h1-5,7-8H,6,9H2. The van der Waals surface area contributed by atoms with Crippen molar-refractivity contribution in [3.05, 3.63) is 58.3 Å². The third-order valence-electron chi connectivity index (χ3n) is 2.27. The molecule has 0 N–H and O–H groups in total. The van der Waals surface area contributed by atoms with Crippen molar-refractivity contribution in [1.82, 2.24) is 4.98 Å². The minimum Gasteiger partial charge on any atom is -0.489 e. The molecule has 0 radical (unpaired) electrons. The van der Waals surface area contributed by atoms with Crippen LogP contribution < -0.4 is 4.74 Å². The van der Waals surface area contributed by atoms with Crippen LogP contribution in [-0.2, 0) is 12.5 Å². The van der Waals surface area contributed by atoms with Crippen LogP contribution in [0.2, 0.25) is 0 Å². The summed E-state index contributed by atoms with van der Waals surface area (Å²) in [6.45, 7) is 0.486. The van der Waals surface area contributed by atoms with Crippen molar-refractivity contribution < 1.29 is 4.74 Å². The molecule has 0 aliphatic rings. The Bertz CT molecular complexity index is 504. The van der Waals surface area contributed by atoms with Gasteiger partial charge in [0.2, 0.25) is 0 Å². The van der Waals surface area contributed by atoms with Gasteiger partial charge in [0.05, 0.1) is 5.88 Å². The minimum absolute atomic E-state index is 0.451. The van der Waals surface area contributed by atoms with Crippen LogP contribution in [0.1, 0.15) is 11.1 Å². The average Bonchev–Trinajstić information content (AvgIpc) is 2.37. The number of hydrogen-bond donors (Lipinski definition) is 0. The van der Waals surface area contributed by atoms with E-state index in [1.54, 1.807) is 12.4 Å². The molecule has 4 heteroatoms. The number of pyridine rings is 1. The SMILES string of the molecule is ClCc1ccccc1OCc1cncc(Br)c1. The number of rotatable bonds is 4. The predicted octanol–water partition coefficient (Wildman–Crippen LogP) is 4.16. The van der Waals surface area contributed by atoms with Crippen LogP contribution in [0, 0.1) is 0 Å². The summed E-state index contributed by atoms with van der Waals surface area (Å²) in [5.41, 5.74) is 2.01. The Labute approximate surface area is 114 Å². The quantitative estimate of drug-likeness (QED) is 0.791. The maximum absolute atomic E-state index is 5.84. The molecule has 0 saturated carbocycles. The molecule has 0 aliphatic heterocycles. The van der Waals surface area contributed by atoms with Crippen LogP contribution in [0.5, 0.6) is 5.75 Å². The van der Waals surface area contributed by atoms with E-state index >= 15 is 0 Å². The lowest BCUT2D eigenvalue weighted by Gasteiger charge is -2.09. The first kappa shape index (κ1) is 12.4. The molecule has 0 spiro atoms. The Kier molecular flexibility index (Phi) is 4.40. The van der Waals surface area contributed by atoms with E-state index in [2.05, 4.69) is 20.9 Å². The van der Waals surface area contributed by atoms with E-state index in [-0.39, 0.29) is 0 Å². The second-order valence-electron chi connectivity index (χ2n) is 3.54. The van der Waals surface area contributed by atoms with Crippen molar-refractivity contribution in [2.75, 3.05) is 0 Å². The second kappa shape index (κ2) is 6.03. The smallest absolute Gasteiger partial charge is 0.124 e. The molecule has 0 atom stereocenters. The van der Waals surface area contributed by atoms with Crippen molar-refractivity contribution in [3.8, 4) is 5.75 Å². The molecule has 88 valence electrons. The monoisotopic (exact) mass is 311 g/mol. The van der Waals surface area contributed by atoms with Gasteiger partial charge < -0.3 is 4.74 Å². The number of alkyl halides is 1. The number of ether oxygens (including phenoxy) is 1. The van der Waals surface area contributed by atoms with Gasteiger partial charge in [-0.3, -0.25) is 4.98 Å². The summed E-state index contributed by atoms with van der Waals surface area (Å²) < 4.78 is 6.67. The van der Waals surface area contributed by atoms with E-state index in [0.717, 1.165) is 21.3 Å². The van der Waals surface area contributed by atoms with Gasteiger partial charge in [-0.2, -0.15) is 0 Å². The largest absolute Gasteiger partial charge is 0.489 e. The van der Waals surface area contributed by atoms with Crippen molar-refractivity contribution in [2.45, 2.75) is 12.5 Å². The summed E-state index contributed by atoms with van der Waals surface area (Å²) in [5, 5.41) is 0. The van der Waals surface area contributed by atoms with Crippen LogP contribution in [0.3, 0.4) is 0 Å². The Hall–Kier alpha value is -1.06. The van der Waals surface area contributed by atoms with E-state index < -0.39 is 0 Å². The first-order valence-corrected chi connectivity index (χ1v) is 6.48. The number of hydrogen-bond acceptors (Lipinski definition) is 2. The van der Waals surface area contributed by atoms with E-state index in [0.29, 0.717) is 12.5 Å². The minimum atomic E-state index is 0.451. The predicted molar refractivity (Wildman–Crippen MR) is 72.3 cm³/mol. The summed E-state index contributed by atoms with van der Waals surface area (Å²) >= 11 is 9.22.